The van der Waals surface area contributed by atoms with Crippen molar-refractivity contribution in [2.24, 2.45) is 7.05 Å². The number of aryl methyl sites for hydroxylation is 1. The largest absolute Gasteiger partial charge is 0.357 e. The molecule has 0 unspecified atom stereocenters. The molecule has 4 aromatic rings. The van der Waals surface area contributed by atoms with Gasteiger partial charge in [-0.1, -0.05) is 17.8 Å². The maximum atomic E-state index is 10.9. The van der Waals surface area contributed by atoms with Crippen LogP contribution in [0, 0.1) is 10.1 Å². The van der Waals surface area contributed by atoms with Gasteiger partial charge in [-0.15, -0.1) is 0 Å². The highest BCUT2D eigenvalue weighted by atomic mass is 32.2. The Morgan fingerprint density at radius 2 is 1.74 bits per heavy atom. The van der Waals surface area contributed by atoms with Crippen LogP contribution in [0.3, 0.4) is 0 Å². The van der Waals surface area contributed by atoms with Crippen molar-refractivity contribution in [1.29, 1.82) is 0 Å². The van der Waals surface area contributed by atoms with Crippen LogP contribution < -0.4 is 10.2 Å². The van der Waals surface area contributed by atoms with E-state index in [1.54, 1.807) is 30.1 Å². The van der Waals surface area contributed by atoms with E-state index in [9.17, 15) is 10.1 Å². The molecule has 3 heterocycles. The molecule has 1 fully saturated rings. The fraction of sp³-hybridized carbons (Fsp3) is 0.120. The van der Waals surface area contributed by atoms with Crippen LogP contribution in [0.2, 0.25) is 0 Å². The van der Waals surface area contributed by atoms with Gasteiger partial charge < -0.3 is 14.8 Å². The van der Waals surface area contributed by atoms with E-state index < -0.39 is 4.92 Å². The number of hydrogen-bond acceptors (Lipinski definition) is 5. The minimum Gasteiger partial charge on any atom is -0.357 e. The molecule has 34 heavy (non-hydrogen) atoms. The van der Waals surface area contributed by atoms with Crippen LogP contribution in [0.25, 0.3) is 0 Å². The first-order valence-electron chi connectivity index (χ1n) is 10.6. The van der Waals surface area contributed by atoms with Gasteiger partial charge in [0.1, 0.15) is 0 Å². The lowest BCUT2D eigenvalue weighted by Gasteiger charge is -2.27. The molecule has 0 aliphatic carbocycles. The van der Waals surface area contributed by atoms with Crippen LogP contribution in [0.15, 0.2) is 101 Å². The minimum atomic E-state index is -0.391. The molecule has 5 rings (SSSR count). The molecule has 2 atom stereocenters. The van der Waals surface area contributed by atoms with Crippen molar-refractivity contribution in [3.63, 3.8) is 0 Å². The molecule has 1 aliphatic rings. The SMILES string of the molecule is Cn1ccc([C@@H]2[C@@H](c3ccccn3)NC(=S)N2c2ccc(Sc3ccc([N+](=O)[O-])cc3)cc2)c1. The van der Waals surface area contributed by atoms with Crippen molar-refractivity contribution < 1.29 is 4.92 Å². The number of nitro groups is 1. The highest BCUT2D eigenvalue weighted by Gasteiger charge is 2.40. The first-order chi connectivity index (χ1) is 16.5. The first-order valence-corrected chi connectivity index (χ1v) is 11.9. The van der Waals surface area contributed by atoms with E-state index in [0.717, 1.165) is 26.7 Å². The highest BCUT2D eigenvalue weighted by molar-refractivity contribution is 7.99. The second-order valence-corrected chi connectivity index (χ2v) is 9.49. The Balaban J connectivity index is 1.43. The van der Waals surface area contributed by atoms with Crippen molar-refractivity contribution in [2.45, 2.75) is 21.9 Å². The average Bonchev–Trinajstić information content (AvgIpc) is 3.43. The van der Waals surface area contributed by atoms with Gasteiger partial charge in [-0.3, -0.25) is 15.1 Å². The van der Waals surface area contributed by atoms with Gasteiger partial charge in [0.15, 0.2) is 5.11 Å². The van der Waals surface area contributed by atoms with Crippen LogP contribution in [0.5, 0.6) is 0 Å². The number of thiocarbonyl (C=S) groups is 1. The molecule has 0 bridgehead atoms. The number of rotatable bonds is 6. The third-order valence-corrected chi connectivity index (χ3v) is 7.02. The zero-order chi connectivity index (χ0) is 23.7. The normalized spacial score (nSPS) is 17.6. The Morgan fingerprint density at radius 1 is 1.03 bits per heavy atom. The number of nitrogens with zero attached hydrogens (tertiary/aromatic N) is 4. The van der Waals surface area contributed by atoms with E-state index in [4.69, 9.17) is 12.2 Å². The number of nitro benzene ring substituents is 1. The zero-order valence-corrected chi connectivity index (χ0v) is 19.9. The molecule has 0 amide bonds. The molecule has 0 radical (unpaired) electrons. The summed E-state index contributed by atoms with van der Waals surface area (Å²) in [7, 11) is 2.01. The molecule has 1 N–H and O–H groups in total. The molecule has 2 aromatic heterocycles. The van der Waals surface area contributed by atoms with Crippen LogP contribution in [0.4, 0.5) is 11.4 Å². The summed E-state index contributed by atoms with van der Waals surface area (Å²) in [6.45, 7) is 0. The Bertz CT molecular complexity index is 1320. The smallest absolute Gasteiger partial charge is 0.269 e. The lowest BCUT2D eigenvalue weighted by Crippen LogP contribution is -2.29. The topological polar surface area (TPSA) is 76.2 Å². The molecule has 1 saturated heterocycles. The minimum absolute atomic E-state index is 0.0447. The standard InChI is InChI=1S/C25H21N5O2S2/c1-28-15-13-17(16-28)24-23(22-4-2-3-14-26-22)27-25(33)29(24)18-5-9-20(10-6-18)34-21-11-7-19(8-12-21)30(31)32/h2-16,23-24H,1H3,(H,27,33)/t23-,24-/m1/s1. The van der Waals surface area contributed by atoms with E-state index in [0.29, 0.717) is 5.11 Å². The number of benzene rings is 2. The van der Waals surface area contributed by atoms with E-state index in [2.05, 4.69) is 39.6 Å². The van der Waals surface area contributed by atoms with Crippen LogP contribution in [-0.4, -0.2) is 19.6 Å². The van der Waals surface area contributed by atoms with Gasteiger partial charge in [-0.2, -0.15) is 0 Å². The van der Waals surface area contributed by atoms with Gasteiger partial charge in [-0.05, 0) is 72.4 Å². The average molecular weight is 488 g/mol. The van der Waals surface area contributed by atoms with Gasteiger partial charge >= 0.3 is 0 Å². The maximum absolute atomic E-state index is 10.9. The number of anilines is 1. The third-order valence-electron chi connectivity index (χ3n) is 5.69. The maximum Gasteiger partial charge on any atom is 0.269 e. The molecular weight excluding hydrogens is 466 g/mol. The summed E-state index contributed by atoms with van der Waals surface area (Å²) in [5.41, 5.74) is 3.16. The summed E-state index contributed by atoms with van der Waals surface area (Å²) >= 11 is 7.33. The molecule has 2 aromatic carbocycles. The molecule has 9 heteroatoms. The van der Waals surface area contributed by atoms with Crippen LogP contribution in [-0.2, 0) is 7.05 Å². The fourth-order valence-corrected chi connectivity index (χ4v) is 5.28. The summed E-state index contributed by atoms with van der Waals surface area (Å²) < 4.78 is 2.04. The number of aromatic nitrogens is 2. The predicted octanol–water partition coefficient (Wildman–Crippen LogP) is 5.66. The van der Waals surface area contributed by atoms with Gasteiger partial charge in [0, 0.05) is 53.2 Å². The first kappa shape index (κ1) is 22.1. The Morgan fingerprint density at radius 3 is 2.32 bits per heavy atom. The van der Waals surface area contributed by atoms with E-state index in [-0.39, 0.29) is 17.8 Å². The lowest BCUT2D eigenvalue weighted by atomic mass is 9.98. The van der Waals surface area contributed by atoms with Crippen LogP contribution >= 0.6 is 24.0 Å². The summed E-state index contributed by atoms with van der Waals surface area (Å²) in [6, 6.07) is 22.7. The van der Waals surface area contributed by atoms with Crippen molar-refractivity contribution >= 4 is 40.5 Å². The molecule has 7 nitrogen and oxygen atoms in total. The van der Waals surface area contributed by atoms with Gasteiger partial charge in [0.25, 0.3) is 5.69 Å². The predicted molar refractivity (Wildman–Crippen MR) is 137 cm³/mol. The van der Waals surface area contributed by atoms with Gasteiger partial charge in [0.2, 0.25) is 0 Å². The van der Waals surface area contributed by atoms with Crippen molar-refractivity contribution in [1.82, 2.24) is 14.9 Å². The molecule has 0 saturated carbocycles. The number of pyridine rings is 1. The summed E-state index contributed by atoms with van der Waals surface area (Å²) in [4.78, 5) is 19.2. The second-order valence-electron chi connectivity index (χ2n) is 7.95. The summed E-state index contributed by atoms with van der Waals surface area (Å²) in [6.07, 6.45) is 5.95. The Kier molecular flexibility index (Phi) is 6.04. The van der Waals surface area contributed by atoms with E-state index in [1.165, 1.54) is 12.1 Å². The second kappa shape index (κ2) is 9.28. The molecule has 1 aliphatic heterocycles. The van der Waals surface area contributed by atoms with Crippen LogP contribution in [0.1, 0.15) is 23.3 Å². The van der Waals surface area contributed by atoms with Crippen molar-refractivity contribution in [3.8, 4) is 0 Å². The number of hydrogen-bond donors (Lipinski definition) is 1. The number of nitrogens with one attached hydrogen (secondary N) is 1. The number of non-ortho nitro benzene ring substituents is 1. The monoisotopic (exact) mass is 487 g/mol. The van der Waals surface area contributed by atoms with Crippen molar-refractivity contribution in [2.75, 3.05) is 4.90 Å². The Hall–Kier alpha value is -3.69. The van der Waals surface area contributed by atoms with Gasteiger partial charge in [0.05, 0.1) is 22.7 Å². The fourth-order valence-electron chi connectivity index (χ4n) is 4.12. The van der Waals surface area contributed by atoms with Crippen molar-refractivity contribution in [3.05, 3.63) is 113 Å². The zero-order valence-electron chi connectivity index (χ0n) is 18.2. The summed E-state index contributed by atoms with van der Waals surface area (Å²) in [5.74, 6) is 0. The quantitative estimate of drug-likeness (QED) is 0.214. The van der Waals surface area contributed by atoms with E-state index in [1.807, 2.05) is 48.1 Å². The molecule has 170 valence electrons. The van der Waals surface area contributed by atoms with Gasteiger partial charge in [-0.25, -0.2) is 0 Å². The highest BCUT2D eigenvalue weighted by Crippen LogP contribution is 2.42. The lowest BCUT2D eigenvalue weighted by molar-refractivity contribution is -0.384. The summed E-state index contributed by atoms with van der Waals surface area (Å²) in [5, 5.41) is 15.0. The van der Waals surface area contributed by atoms with E-state index >= 15 is 0 Å². The molecule has 0 spiro atoms. The third kappa shape index (κ3) is 4.40. The Labute approximate surface area is 206 Å². The molecular formula is C25H21N5O2S2.